The summed E-state index contributed by atoms with van der Waals surface area (Å²) < 4.78 is 8.26. The lowest BCUT2D eigenvalue weighted by molar-refractivity contribution is 0.642. The second kappa shape index (κ2) is 6.85. The Morgan fingerprint density at radius 2 is 1.45 bits per heavy atom. The van der Waals surface area contributed by atoms with Crippen molar-refractivity contribution in [3.63, 3.8) is 0 Å². The van der Waals surface area contributed by atoms with Crippen molar-refractivity contribution in [3.05, 3.63) is 96.6 Å². The lowest BCUT2D eigenvalue weighted by Gasteiger charge is -2.09. The Morgan fingerprint density at radius 3 is 2.26 bits per heavy atom. The van der Waals surface area contributed by atoms with E-state index in [1.165, 1.54) is 16.3 Å². The molecule has 2 heterocycles. The third kappa shape index (κ3) is 2.85. The van der Waals surface area contributed by atoms with Gasteiger partial charge >= 0.3 is 5.84 Å². The number of aromatic nitrogens is 2. The van der Waals surface area contributed by atoms with Crippen LogP contribution < -0.4 is 0 Å². The molecule has 0 bridgehead atoms. The predicted molar refractivity (Wildman–Crippen MR) is 127 cm³/mol. The van der Waals surface area contributed by atoms with Gasteiger partial charge in [-0.25, -0.2) is 0 Å². The fraction of sp³-hybridized carbons (Fsp3) is 0.107. The van der Waals surface area contributed by atoms with Crippen molar-refractivity contribution >= 4 is 27.7 Å². The van der Waals surface area contributed by atoms with E-state index in [9.17, 15) is 0 Å². The standard InChI is InChI=1S/C28H22N2O/c1-18(2)19-11-14-21(15-12-19)27-26(23-16-13-20-7-3-4-8-22(20)17-23)29-28-30(27)24-9-5-6-10-25(24)31-28/h3-18H,1-2H3. The van der Waals surface area contributed by atoms with Crippen molar-refractivity contribution in [1.29, 1.82) is 0 Å². The molecule has 0 N–H and O–H groups in total. The van der Waals surface area contributed by atoms with Crippen LogP contribution in [0.25, 0.3) is 50.2 Å². The zero-order chi connectivity index (χ0) is 20.9. The Bertz CT molecular complexity index is 1550. The van der Waals surface area contributed by atoms with Gasteiger partial charge in [0, 0.05) is 11.1 Å². The first-order chi connectivity index (χ1) is 15.2. The van der Waals surface area contributed by atoms with E-state index in [2.05, 4.69) is 91.0 Å². The van der Waals surface area contributed by atoms with Gasteiger partial charge in [-0.3, -0.25) is 4.40 Å². The summed E-state index contributed by atoms with van der Waals surface area (Å²) in [6, 6.07) is 31.9. The number of hydrogen-bond acceptors (Lipinski definition) is 2. The Kier molecular flexibility index (Phi) is 3.97. The van der Waals surface area contributed by atoms with E-state index < -0.39 is 0 Å². The minimum absolute atomic E-state index is 0.495. The van der Waals surface area contributed by atoms with Gasteiger partial charge in [-0.2, -0.15) is 4.98 Å². The van der Waals surface area contributed by atoms with Crippen LogP contribution in [0.15, 0.2) is 95.4 Å². The molecule has 0 atom stereocenters. The Morgan fingerprint density at radius 1 is 0.742 bits per heavy atom. The lowest BCUT2D eigenvalue weighted by atomic mass is 9.98. The molecule has 6 rings (SSSR count). The Labute approximate surface area is 180 Å². The molecule has 6 aromatic rings. The van der Waals surface area contributed by atoms with Crippen LogP contribution in [-0.2, 0) is 0 Å². The fourth-order valence-electron chi connectivity index (χ4n) is 4.35. The minimum Gasteiger partial charge on any atom is -0.423 e. The zero-order valence-corrected chi connectivity index (χ0v) is 17.5. The molecule has 0 unspecified atom stereocenters. The van der Waals surface area contributed by atoms with Gasteiger partial charge in [0.15, 0.2) is 5.58 Å². The van der Waals surface area contributed by atoms with E-state index in [-0.39, 0.29) is 0 Å². The summed E-state index contributed by atoms with van der Waals surface area (Å²) >= 11 is 0. The summed E-state index contributed by atoms with van der Waals surface area (Å²) in [5, 5.41) is 2.43. The third-order valence-electron chi connectivity index (χ3n) is 6.03. The van der Waals surface area contributed by atoms with E-state index in [0.717, 1.165) is 33.6 Å². The molecule has 0 saturated carbocycles. The van der Waals surface area contributed by atoms with Crippen LogP contribution in [0.4, 0.5) is 0 Å². The molecule has 0 aliphatic heterocycles. The molecule has 0 aliphatic carbocycles. The summed E-state index contributed by atoms with van der Waals surface area (Å²) in [4.78, 5) is 4.96. The van der Waals surface area contributed by atoms with Gasteiger partial charge in [-0.15, -0.1) is 0 Å². The van der Waals surface area contributed by atoms with Crippen LogP contribution in [0.3, 0.4) is 0 Å². The van der Waals surface area contributed by atoms with Gasteiger partial charge in [-0.05, 0) is 40.5 Å². The second-order valence-electron chi connectivity index (χ2n) is 8.34. The van der Waals surface area contributed by atoms with Crippen LogP contribution in [0.5, 0.6) is 0 Å². The fourth-order valence-corrected chi connectivity index (χ4v) is 4.35. The zero-order valence-electron chi connectivity index (χ0n) is 17.5. The normalized spacial score (nSPS) is 11.8. The number of para-hydroxylation sites is 2. The number of nitrogens with zero attached hydrogens (tertiary/aromatic N) is 2. The van der Waals surface area contributed by atoms with Crippen LogP contribution >= 0.6 is 0 Å². The number of fused-ring (bicyclic) bond motifs is 4. The van der Waals surface area contributed by atoms with E-state index in [4.69, 9.17) is 9.40 Å². The maximum atomic E-state index is 6.12. The molecule has 0 saturated heterocycles. The molecule has 31 heavy (non-hydrogen) atoms. The third-order valence-corrected chi connectivity index (χ3v) is 6.03. The average molecular weight is 402 g/mol. The van der Waals surface area contributed by atoms with Crippen molar-refractivity contribution in [2.24, 2.45) is 0 Å². The number of oxazole rings is 1. The van der Waals surface area contributed by atoms with Gasteiger partial charge in [0.25, 0.3) is 0 Å². The SMILES string of the molecule is CC(C)c1ccc(-c2c(-c3ccc4ccccc4c3)nc3oc4ccccc4n23)cc1. The topological polar surface area (TPSA) is 30.4 Å². The summed E-state index contributed by atoms with van der Waals surface area (Å²) in [5.41, 5.74) is 7.42. The molecule has 150 valence electrons. The van der Waals surface area contributed by atoms with E-state index in [0.29, 0.717) is 11.8 Å². The highest BCUT2D eigenvalue weighted by molar-refractivity contribution is 5.92. The first-order valence-corrected chi connectivity index (χ1v) is 10.7. The van der Waals surface area contributed by atoms with Gasteiger partial charge in [0.1, 0.15) is 5.69 Å². The van der Waals surface area contributed by atoms with Crippen molar-refractivity contribution in [3.8, 4) is 22.5 Å². The van der Waals surface area contributed by atoms with Gasteiger partial charge < -0.3 is 4.42 Å². The Balaban J connectivity index is 1.66. The monoisotopic (exact) mass is 402 g/mol. The lowest BCUT2D eigenvalue weighted by Crippen LogP contribution is -1.91. The molecule has 0 fully saturated rings. The van der Waals surface area contributed by atoms with Crippen molar-refractivity contribution in [1.82, 2.24) is 9.38 Å². The number of rotatable bonds is 3. The molecule has 0 aliphatic rings. The van der Waals surface area contributed by atoms with Crippen LogP contribution in [0.2, 0.25) is 0 Å². The highest BCUT2D eigenvalue weighted by Gasteiger charge is 2.21. The molecule has 3 heteroatoms. The van der Waals surface area contributed by atoms with Gasteiger partial charge in [0.05, 0.1) is 11.2 Å². The summed E-state index contributed by atoms with van der Waals surface area (Å²) in [7, 11) is 0. The van der Waals surface area contributed by atoms with Crippen LogP contribution in [0.1, 0.15) is 25.3 Å². The number of imidazole rings is 1. The first-order valence-electron chi connectivity index (χ1n) is 10.7. The maximum absolute atomic E-state index is 6.12. The smallest absolute Gasteiger partial charge is 0.307 e. The van der Waals surface area contributed by atoms with Crippen molar-refractivity contribution < 1.29 is 4.42 Å². The Hall–Kier alpha value is -3.85. The molecule has 0 spiro atoms. The number of hydrogen-bond donors (Lipinski definition) is 0. The van der Waals surface area contributed by atoms with E-state index >= 15 is 0 Å². The molecule has 0 amide bonds. The average Bonchev–Trinajstić information content (AvgIpc) is 3.35. The van der Waals surface area contributed by atoms with Gasteiger partial charge in [-0.1, -0.05) is 86.6 Å². The quantitative estimate of drug-likeness (QED) is 0.304. The molecule has 0 radical (unpaired) electrons. The molecule has 2 aromatic heterocycles. The van der Waals surface area contributed by atoms with Crippen LogP contribution in [0, 0.1) is 0 Å². The molecular formula is C28H22N2O. The van der Waals surface area contributed by atoms with Crippen molar-refractivity contribution in [2.75, 3.05) is 0 Å². The van der Waals surface area contributed by atoms with Crippen LogP contribution in [-0.4, -0.2) is 9.38 Å². The van der Waals surface area contributed by atoms with E-state index in [1.807, 2.05) is 18.2 Å². The summed E-state index contributed by atoms with van der Waals surface area (Å²) in [6.07, 6.45) is 0. The summed E-state index contributed by atoms with van der Waals surface area (Å²) in [6.45, 7) is 4.44. The maximum Gasteiger partial charge on any atom is 0.307 e. The highest BCUT2D eigenvalue weighted by atomic mass is 16.4. The predicted octanol–water partition coefficient (Wildman–Crippen LogP) is 7.69. The molecule has 4 aromatic carbocycles. The van der Waals surface area contributed by atoms with Gasteiger partial charge in [0.2, 0.25) is 0 Å². The van der Waals surface area contributed by atoms with Crippen molar-refractivity contribution in [2.45, 2.75) is 19.8 Å². The first kappa shape index (κ1) is 18.0. The largest absolute Gasteiger partial charge is 0.423 e. The second-order valence-corrected chi connectivity index (χ2v) is 8.34. The molecule has 3 nitrogen and oxygen atoms in total. The highest BCUT2D eigenvalue weighted by Crippen LogP contribution is 2.37. The summed E-state index contributed by atoms with van der Waals surface area (Å²) in [5.74, 6) is 1.11. The van der Waals surface area contributed by atoms with E-state index in [1.54, 1.807) is 0 Å². The minimum atomic E-state index is 0.495. The molecular weight excluding hydrogens is 380 g/mol. The number of benzene rings is 4.